The molecule has 1 aromatic heterocycles. The molecule has 3 aromatic rings. The smallest absolute Gasteiger partial charge is 0.119 e. The van der Waals surface area contributed by atoms with Crippen LogP contribution in [0.2, 0.25) is 0 Å². The van der Waals surface area contributed by atoms with Gasteiger partial charge >= 0.3 is 0 Å². The summed E-state index contributed by atoms with van der Waals surface area (Å²) in [5.74, 6) is 1.80. The Balaban J connectivity index is 1.31. The molecule has 1 aliphatic heterocycles. The summed E-state index contributed by atoms with van der Waals surface area (Å²) in [6.45, 7) is 4.62. The number of ether oxygens (including phenoxy) is 2. The predicted octanol–water partition coefficient (Wildman–Crippen LogP) is 4.60. The SMILES string of the molecule is COc1cccc(C(CNCc2ccc(OCc3ccncc3)cc2)N2CCCC2)c1. The summed E-state index contributed by atoms with van der Waals surface area (Å²) in [5, 5.41) is 3.66. The third-order valence-electron chi connectivity index (χ3n) is 5.81. The van der Waals surface area contributed by atoms with Gasteiger partial charge in [0.2, 0.25) is 0 Å². The number of hydrogen-bond acceptors (Lipinski definition) is 5. The van der Waals surface area contributed by atoms with Crippen LogP contribution in [0.15, 0.2) is 73.1 Å². The Morgan fingerprint density at radius 2 is 1.71 bits per heavy atom. The van der Waals surface area contributed by atoms with Gasteiger partial charge in [0.1, 0.15) is 18.1 Å². The average molecular weight is 418 g/mol. The first-order valence-electron chi connectivity index (χ1n) is 11.0. The van der Waals surface area contributed by atoms with Crippen LogP contribution >= 0.6 is 0 Å². The van der Waals surface area contributed by atoms with Crippen LogP contribution in [0.3, 0.4) is 0 Å². The van der Waals surface area contributed by atoms with Crippen LogP contribution in [-0.4, -0.2) is 36.6 Å². The van der Waals surface area contributed by atoms with Gasteiger partial charge in [0.05, 0.1) is 7.11 Å². The van der Waals surface area contributed by atoms with Crippen molar-refractivity contribution >= 4 is 0 Å². The van der Waals surface area contributed by atoms with Crippen LogP contribution in [0, 0.1) is 0 Å². The van der Waals surface area contributed by atoms with Crippen LogP contribution in [0.5, 0.6) is 11.5 Å². The van der Waals surface area contributed by atoms with Crippen LogP contribution in [0.25, 0.3) is 0 Å². The largest absolute Gasteiger partial charge is 0.497 e. The molecule has 31 heavy (non-hydrogen) atoms. The first-order chi connectivity index (χ1) is 15.3. The van der Waals surface area contributed by atoms with Gasteiger partial charge in [-0.3, -0.25) is 9.88 Å². The molecule has 1 atom stereocenters. The molecule has 0 aliphatic carbocycles. The lowest BCUT2D eigenvalue weighted by Crippen LogP contribution is -2.34. The van der Waals surface area contributed by atoms with Crippen molar-refractivity contribution in [2.24, 2.45) is 0 Å². The lowest BCUT2D eigenvalue weighted by molar-refractivity contribution is 0.238. The van der Waals surface area contributed by atoms with Crippen LogP contribution < -0.4 is 14.8 Å². The highest BCUT2D eigenvalue weighted by Crippen LogP contribution is 2.27. The number of methoxy groups -OCH3 is 1. The second kappa shape index (κ2) is 10.9. The first kappa shape index (κ1) is 21.3. The third kappa shape index (κ3) is 6.06. The van der Waals surface area contributed by atoms with Gasteiger partial charge in [-0.25, -0.2) is 0 Å². The van der Waals surface area contributed by atoms with E-state index in [2.05, 4.69) is 45.5 Å². The Bertz CT molecular complexity index is 925. The minimum absolute atomic E-state index is 0.362. The third-order valence-corrected chi connectivity index (χ3v) is 5.81. The zero-order valence-electron chi connectivity index (χ0n) is 18.2. The van der Waals surface area contributed by atoms with Gasteiger partial charge in [-0.2, -0.15) is 0 Å². The van der Waals surface area contributed by atoms with Gasteiger partial charge in [0.25, 0.3) is 0 Å². The Hall–Kier alpha value is -2.89. The van der Waals surface area contributed by atoms with Crippen molar-refractivity contribution in [2.45, 2.75) is 32.0 Å². The number of benzene rings is 2. The van der Waals surface area contributed by atoms with Gasteiger partial charge in [0.15, 0.2) is 0 Å². The van der Waals surface area contributed by atoms with Crippen LogP contribution in [-0.2, 0) is 13.2 Å². The summed E-state index contributed by atoms with van der Waals surface area (Å²) in [5.41, 5.74) is 3.68. The highest BCUT2D eigenvalue weighted by molar-refractivity contribution is 5.31. The van der Waals surface area contributed by atoms with Crippen molar-refractivity contribution in [3.8, 4) is 11.5 Å². The number of rotatable bonds is 10. The molecule has 1 N–H and O–H groups in total. The summed E-state index contributed by atoms with van der Waals surface area (Å²) < 4.78 is 11.3. The molecule has 0 spiro atoms. The van der Waals surface area contributed by atoms with Gasteiger partial charge < -0.3 is 14.8 Å². The molecule has 162 valence electrons. The van der Waals surface area contributed by atoms with Crippen molar-refractivity contribution in [3.63, 3.8) is 0 Å². The molecule has 2 heterocycles. The maximum absolute atomic E-state index is 5.87. The summed E-state index contributed by atoms with van der Waals surface area (Å²) in [6.07, 6.45) is 6.13. The molecule has 0 bridgehead atoms. The fourth-order valence-electron chi connectivity index (χ4n) is 4.06. The van der Waals surface area contributed by atoms with Gasteiger partial charge in [0, 0.05) is 31.5 Å². The zero-order chi connectivity index (χ0) is 21.3. The van der Waals surface area contributed by atoms with Crippen molar-refractivity contribution in [1.29, 1.82) is 0 Å². The van der Waals surface area contributed by atoms with Crippen LogP contribution in [0.4, 0.5) is 0 Å². The normalized spacial score (nSPS) is 15.0. The molecule has 2 aromatic carbocycles. The maximum atomic E-state index is 5.87. The standard InChI is InChI=1S/C26H31N3O2/c1-30-25-6-4-5-23(17-25)26(29-15-2-3-16-29)19-28-18-21-7-9-24(10-8-21)31-20-22-11-13-27-14-12-22/h4-14,17,26,28H,2-3,15-16,18-20H2,1H3. The molecular weight excluding hydrogens is 386 g/mol. The van der Waals surface area contributed by atoms with Crippen LogP contribution in [0.1, 0.15) is 35.6 Å². The lowest BCUT2D eigenvalue weighted by atomic mass is 10.0. The molecule has 1 saturated heterocycles. The summed E-state index contributed by atoms with van der Waals surface area (Å²) >= 11 is 0. The fraction of sp³-hybridized carbons (Fsp3) is 0.346. The van der Waals surface area contributed by atoms with E-state index in [0.29, 0.717) is 12.6 Å². The Labute approximate surface area is 185 Å². The number of hydrogen-bond donors (Lipinski definition) is 1. The highest BCUT2D eigenvalue weighted by Gasteiger charge is 2.23. The lowest BCUT2D eigenvalue weighted by Gasteiger charge is -2.28. The zero-order valence-corrected chi connectivity index (χ0v) is 18.2. The minimum atomic E-state index is 0.362. The number of likely N-dealkylation sites (tertiary alicyclic amines) is 1. The van der Waals surface area contributed by atoms with Crippen molar-refractivity contribution in [3.05, 3.63) is 89.7 Å². The van der Waals surface area contributed by atoms with E-state index in [1.165, 1.54) is 24.0 Å². The van der Waals surface area contributed by atoms with Crippen molar-refractivity contribution in [1.82, 2.24) is 15.2 Å². The molecule has 0 saturated carbocycles. The molecule has 4 rings (SSSR count). The number of nitrogens with one attached hydrogen (secondary N) is 1. The quantitative estimate of drug-likeness (QED) is 0.523. The van der Waals surface area contributed by atoms with E-state index in [4.69, 9.17) is 9.47 Å². The molecule has 1 fully saturated rings. The van der Waals surface area contributed by atoms with E-state index in [0.717, 1.165) is 43.2 Å². The second-order valence-corrected chi connectivity index (χ2v) is 7.95. The van der Waals surface area contributed by atoms with E-state index in [1.807, 2.05) is 30.3 Å². The van der Waals surface area contributed by atoms with Gasteiger partial charge in [-0.15, -0.1) is 0 Å². The molecule has 5 heteroatoms. The Kier molecular flexibility index (Phi) is 7.53. The van der Waals surface area contributed by atoms with Crippen molar-refractivity contribution in [2.75, 3.05) is 26.7 Å². The molecule has 1 unspecified atom stereocenters. The number of aromatic nitrogens is 1. The average Bonchev–Trinajstić information content (AvgIpc) is 3.36. The van der Waals surface area contributed by atoms with Gasteiger partial charge in [-0.1, -0.05) is 24.3 Å². The molecular formula is C26H31N3O2. The number of nitrogens with zero attached hydrogens (tertiary/aromatic N) is 2. The van der Waals surface area contributed by atoms with Crippen molar-refractivity contribution < 1.29 is 9.47 Å². The molecule has 1 aliphatic rings. The second-order valence-electron chi connectivity index (χ2n) is 7.95. The van der Waals surface area contributed by atoms with E-state index in [9.17, 15) is 0 Å². The summed E-state index contributed by atoms with van der Waals surface area (Å²) in [7, 11) is 1.73. The topological polar surface area (TPSA) is 46.6 Å². The number of pyridine rings is 1. The van der Waals surface area contributed by atoms with E-state index >= 15 is 0 Å². The predicted molar refractivity (Wildman–Crippen MR) is 123 cm³/mol. The van der Waals surface area contributed by atoms with E-state index < -0.39 is 0 Å². The molecule has 5 nitrogen and oxygen atoms in total. The highest BCUT2D eigenvalue weighted by atomic mass is 16.5. The van der Waals surface area contributed by atoms with E-state index in [1.54, 1.807) is 19.5 Å². The maximum Gasteiger partial charge on any atom is 0.119 e. The Morgan fingerprint density at radius 3 is 2.45 bits per heavy atom. The monoisotopic (exact) mass is 417 g/mol. The molecule has 0 amide bonds. The fourth-order valence-corrected chi connectivity index (χ4v) is 4.06. The first-order valence-corrected chi connectivity index (χ1v) is 11.0. The minimum Gasteiger partial charge on any atom is -0.497 e. The van der Waals surface area contributed by atoms with Gasteiger partial charge in [-0.05, 0) is 79.0 Å². The summed E-state index contributed by atoms with van der Waals surface area (Å²) in [6, 6.07) is 21.1. The molecule has 0 radical (unpaired) electrons. The van der Waals surface area contributed by atoms with E-state index in [-0.39, 0.29) is 0 Å². The summed E-state index contributed by atoms with van der Waals surface area (Å²) in [4.78, 5) is 6.62. The Morgan fingerprint density at radius 1 is 0.935 bits per heavy atom.